The molecule has 34 heavy (non-hydrogen) atoms. The molecule has 1 fully saturated rings. The molecule has 1 saturated carbocycles. The molecule has 0 saturated heterocycles. The van der Waals surface area contributed by atoms with Gasteiger partial charge >= 0.3 is 6.18 Å². The van der Waals surface area contributed by atoms with E-state index in [-0.39, 0.29) is 39.7 Å². The van der Waals surface area contributed by atoms with Gasteiger partial charge in [0.15, 0.2) is 0 Å². The average Bonchev–Trinajstić information content (AvgIpc) is 3.42. The smallest absolute Gasteiger partial charge is 0.359 e. The molecule has 0 unspecified atom stereocenters. The van der Waals surface area contributed by atoms with Crippen molar-refractivity contribution in [2.24, 2.45) is 0 Å². The molecule has 2 atom stereocenters. The molecular formula is C23H24ClF3N6O. The number of H-pyrrole nitrogens is 1. The Hall–Kier alpha value is -2.85. The van der Waals surface area contributed by atoms with Crippen LogP contribution in [0.2, 0.25) is 5.02 Å². The van der Waals surface area contributed by atoms with Gasteiger partial charge in [0.05, 0.1) is 21.8 Å². The van der Waals surface area contributed by atoms with E-state index in [4.69, 9.17) is 11.6 Å². The van der Waals surface area contributed by atoms with Gasteiger partial charge in [-0.05, 0) is 44.7 Å². The fourth-order valence-electron chi connectivity index (χ4n) is 4.73. The Morgan fingerprint density at radius 2 is 1.85 bits per heavy atom. The van der Waals surface area contributed by atoms with Crippen LogP contribution in [0.15, 0.2) is 24.5 Å². The van der Waals surface area contributed by atoms with Crippen molar-refractivity contribution in [2.75, 3.05) is 18.4 Å². The molecule has 1 aromatic carbocycles. The number of benzene rings is 1. The quantitative estimate of drug-likeness (QED) is 0.363. The maximum Gasteiger partial charge on any atom is 0.419 e. The largest absolute Gasteiger partial charge is 0.419 e. The van der Waals surface area contributed by atoms with Crippen molar-refractivity contribution in [3.8, 4) is 11.3 Å². The minimum Gasteiger partial charge on any atom is -0.359 e. The third kappa shape index (κ3) is 4.44. The lowest BCUT2D eigenvalue weighted by atomic mass is 10.0. The van der Waals surface area contributed by atoms with Gasteiger partial charge in [-0.25, -0.2) is 9.97 Å². The van der Waals surface area contributed by atoms with Crippen molar-refractivity contribution in [3.63, 3.8) is 0 Å². The summed E-state index contributed by atoms with van der Waals surface area (Å²) < 4.78 is 41.6. The zero-order valence-corrected chi connectivity index (χ0v) is 19.0. The van der Waals surface area contributed by atoms with Gasteiger partial charge < -0.3 is 20.9 Å². The highest BCUT2D eigenvalue weighted by Gasteiger charge is 2.36. The number of carbonyl (C=O) groups excluding carboxylic acids is 1. The summed E-state index contributed by atoms with van der Waals surface area (Å²) in [5.74, 6) is -0.167. The number of fused-ring (bicyclic) bond motifs is 7. The third-order valence-corrected chi connectivity index (χ3v) is 6.87. The van der Waals surface area contributed by atoms with E-state index in [1.165, 1.54) is 12.3 Å². The summed E-state index contributed by atoms with van der Waals surface area (Å²) in [4.78, 5) is 23.9. The van der Waals surface area contributed by atoms with E-state index >= 15 is 0 Å². The fraction of sp³-hybridized carbons (Fsp3) is 0.435. The molecule has 180 valence electrons. The first-order valence-electron chi connectivity index (χ1n) is 11.3. The topological polar surface area (TPSA) is 94.7 Å². The van der Waals surface area contributed by atoms with Gasteiger partial charge in [-0.3, -0.25) is 4.79 Å². The van der Waals surface area contributed by atoms with E-state index in [2.05, 4.69) is 30.9 Å². The summed E-state index contributed by atoms with van der Waals surface area (Å²) in [6, 6.07) is 3.52. The summed E-state index contributed by atoms with van der Waals surface area (Å²) >= 11 is 6.49. The Balaban J connectivity index is 1.61. The number of nitrogens with one attached hydrogen (secondary N) is 4. The van der Waals surface area contributed by atoms with Crippen molar-refractivity contribution in [2.45, 2.75) is 50.4 Å². The van der Waals surface area contributed by atoms with Crippen LogP contribution in [0.3, 0.4) is 0 Å². The molecule has 7 nitrogen and oxygen atoms in total. The number of nitrogens with zero attached hydrogens (tertiary/aromatic N) is 2. The van der Waals surface area contributed by atoms with E-state index in [9.17, 15) is 18.0 Å². The number of hydrogen-bond donors (Lipinski definition) is 4. The highest BCUT2D eigenvalue weighted by atomic mass is 35.5. The molecule has 1 aliphatic carbocycles. The van der Waals surface area contributed by atoms with Gasteiger partial charge in [0.2, 0.25) is 5.95 Å². The minimum absolute atomic E-state index is 0.0726. The number of aromatic nitrogens is 3. The Labute approximate surface area is 198 Å². The van der Waals surface area contributed by atoms with Crippen LogP contribution in [-0.2, 0) is 6.18 Å². The van der Waals surface area contributed by atoms with Crippen LogP contribution in [0.25, 0.3) is 22.2 Å². The average molecular weight is 493 g/mol. The van der Waals surface area contributed by atoms with Crippen LogP contribution in [0, 0.1) is 0 Å². The van der Waals surface area contributed by atoms with Gasteiger partial charge in [0.25, 0.3) is 5.91 Å². The Morgan fingerprint density at radius 1 is 1.06 bits per heavy atom. The van der Waals surface area contributed by atoms with Crippen LogP contribution in [0.1, 0.15) is 48.0 Å². The molecule has 2 aliphatic heterocycles. The number of halogens is 4. The lowest BCUT2D eigenvalue weighted by Crippen LogP contribution is -2.30. The van der Waals surface area contributed by atoms with Crippen LogP contribution in [0.4, 0.5) is 19.1 Å². The summed E-state index contributed by atoms with van der Waals surface area (Å²) in [5.41, 5.74) is -0.294. The molecule has 3 aliphatic rings. The number of rotatable bonds is 0. The summed E-state index contributed by atoms with van der Waals surface area (Å²) in [6.07, 6.45) is 2.02. The second kappa shape index (κ2) is 9.07. The molecule has 0 radical (unpaired) electrons. The predicted molar refractivity (Wildman–Crippen MR) is 124 cm³/mol. The number of aromatic amines is 1. The zero-order chi connectivity index (χ0) is 23.9. The summed E-state index contributed by atoms with van der Waals surface area (Å²) in [5, 5.41) is 10.2. The number of alkyl halides is 3. The predicted octanol–water partition coefficient (Wildman–Crippen LogP) is 4.74. The van der Waals surface area contributed by atoms with E-state index in [0.717, 1.165) is 44.8 Å². The van der Waals surface area contributed by atoms with Crippen molar-refractivity contribution in [3.05, 3.63) is 40.7 Å². The number of amides is 1. The molecule has 0 spiro atoms. The summed E-state index contributed by atoms with van der Waals surface area (Å²) in [6.45, 7) is 1.34. The molecule has 4 heterocycles. The van der Waals surface area contributed by atoms with Gasteiger partial charge in [-0.1, -0.05) is 17.7 Å². The Kier molecular flexibility index (Phi) is 6.11. The van der Waals surface area contributed by atoms with Crippen molar-refractivity contribution in [1.82, 2.24) is 25.6 Å². The first kappa shape index (κ1) is 22.9. The van der Waals surface area contributed by atoms with Crippen molar-refractivity contribution in [1.29, 1.82) is 0 Å². The molecule has 2 aromatic heterocycles. The zero-order valence-electron chi connectivity index (χ0n) is 18.2. The molecular weight excluding hydrogens is 469 g/mol. The maximum atomic E-state index is 13.9. The Bertz CT molecular complexity index is 1230. The van der Waals surface area contributed by atoms with Gasteiger partial charge in [-0.2, -0.15) is 13.2 Å². The van der Waals surface area contributed by atoms with Crippen LogP contribution < -0.4 is 16.0 Å². The van der Waals surface area contributed by atoms with E-state index in [1.54, 1.807) is 6.07 Å². The summed E-state index contributed by atoms with van der Waals surface area (Å²) in [7, 11) is 0. The number of hydrogen-bond acceptors (Lipinski definition) is 5. The molecule has 3 aromatic rings. The van der Waals surface area contributed by atoms with E-state index < -0.39 is 11.7 Å². The molecule has 4 N–H and O–H groups in total. The molecule has 1 amide bonds. The molecule has 6 rings (SSSR count). The van der Waals surface area contributed by atoms with Gasteiger partial charge in [-0.15, -0.1) is 0 Å². The van der Waals surface area contributed by atoms with Crippen LogP contribution in [-0.4, -0.2) is 46.0 Å². The van der Waals surface area contributed by atoms with E-state index in [1.807, 2.05) is 0 Å². The monoisotopic (exact) mass is 492 g/mol. The first-order valence-corrected chi connectivity index (χ1v) is 11.7. The second-order valence-corrected chi connectivity index (χ2v) is 9.15. The number of anilines is 1. The lowest BCUT2D eigenvalue weighted by molar-refractivity contribution is -0.137. The highest BCUT2D eigenvalue weighted by Crippen LogP contribution is 2.40. The highest BCUT2D eigenvalue weighted by molar-refractivity contribution is 6.38. The van der Waals surface area contributed by atoms with Gasteiger partial charge in [0, 0.05) is 42.0 Å². The SMILES string of the molecule is O=C1NCCCCN[C@H]2CC[C@@H](C2)Nc2ncc(C(F)(F)F)c(n2)-c2c[nH]c3c(Cl)c1ccc23. The normalized spacial score (nSPS) is 21.7. The van der Waals surface area contributed by atoms with Crippen LogP contribution in [0.5, 0.6) is 0 Å². The Morgan fingerprint density at radius 3 is 2.68 bits per heavy atom. The standard InChI is InChI=1S/C23H24ClF3N6O/c24-18-15-6-5-14-16(10-30-20(14)18)19-17(23(25,26)27)11-31-22(33-19)32-13-4-3-12(9-13)28-7-1-2-8-29-21(15)34/h5-6,10-13,28,30H,1-4,7-9H2,(H,29,34)(H,31,32,33)/t12-,13-/m0/s1. The lowest BCUT2D eigenvalue weighted by Gasteiger charge is -2.17. The van der Waals surface area contributed by atoms with E-state index in [0.29, 0.717) is 23.5 Å². The molecule has 8 bridgehead atoms. The fourth-order valence-corrected chi connectivity index (χ4v) is 5.04. The first-order chi connectivity index (χ1) is 16.3. The van der Waals surface area contributed by atoms with Gasteiger partial charge in [0.1, 0.15) is 5.56 Å². The second-order valence-electron chi connectivity index (χ2n) is 8.77. The van der Waals surface area contributed by atoms with Crippen molar-refractivity contribution < 1.29 is 18.0 Å². The van der Waals surface area contributed by atoms with Crippen molar-refractivity contribution >= 4 is 34.4 Å². The third-order valence-electron chi connectivity index (χ3n) is 6.47. The van der Waals surface area contributed by atoms with Crippen LogP contribution >= 0.6 is 11.6 Å². The molecule has 11 heteroatoms. The minimum atomic E-state index is -4.64. The maximum absolute atomic E-state index is 13.9. The number of carbonyl (C=O) groups is 1.